The number of rotatable bonds is 4. The zero-order valence-corrected chi connectivity index (χ0v) is 19.2. The zero-order chi connectivity index (χ0) is 19.5. The fourth-order valence-electron chi connectivity index (χ4n) is 4.49. The fraction of sp³-hybridized carbons (Fsp3) is 0.545. The first-order chi connectivity index (χ1) is 13.7. The molecule has 0 aliphatic carbocycles. The molecule has 2 aromatic rings. The highest BCUT2D eigenvalue weighted by Gasteiger charge is 2.29. The van der Waals surface area contributed by atoms with Crippen LogP contribution in [0.5, 0.6) is 0 Å². The summed E-state index contributed by atoms with van der Waals surface area (Å²) in [5.74, 6) is 0. The van der Waals surface area contributed by atoms with E-state index in [1.165, 1.54) is 0 Å². The highest BCUT2D eigenvalue weighted by atomic mass is 35.5. The van der Waals surface area contributed by atoms with Crippen molar-refractivity contribution in [1.29, 1.82) is 5.26 Å². The molecule has 2 aliphatic rings. The molecular formula is C22H31Cl2N5O. The molecule has 0 unspecified atom stereocenters. The summed E-state index contributed by atoms with van der Waals surface area (Å²) in [6.07, 6.45) is 3.27. The second-order valence-electron chi connectivity index (χ2n) is 7.94. The van der Waals surface area contributed by atoms with Crippen LogP contribution in [0, 0.1) is 11.3 Å². The molecule has 164 valence electrons. The van der Waals surface area contributed by atoms with Gasteiger partial charge in [0.25, 0.3) is 0 Å². The summed E-state index contributed by atoms with van der Waals surface area (Å²) in [6.45, 7) is 10.3. The first-order valence-electron chi connectivity index (χ1n) is 10.3. The van der Waals surface area contributed by atoms with Crippen molar-refractivity contribution in [2.24, 2.45) is 0 Å². The van der Waals surface area contributed by atoms with Crippen molar-refractivity contribution in [3.63, 3.8) is 0 Å². The Morgan fingerprint density at radius 3 is 2.83 bits per heavy atom. The molecular weight excluding hydrogens is 421 g/mol. The lowest BCUT2D eigenvalue weighted by molar-refractivity contribution is -0.0353. The van der Waals surface area contributed by atoms with E-state index in [1.807, 2.05) is 12.1 Å². The van der Waals surface area contributed by atoms with Gasteiger partial charge in [-0.2, -0.15) is 5.26 Å². The summed E-state index contributed by atoms with van der Waals surface area (Å²) in [5, 5.41) is 14.0. The SMILES string of the molecule is CC[C@H]1CN(C[C@H]2CN(c3ccc(C#N)c4ncccc34)C[C@@H](C)O2)CCN1.Cl.Cl. The molecule has 3 atom stereocenters. The number of nitrogens with one attached hydrogen (secondary N) is 1. The molecule has 0 bridgehead atoms. The van der Waals surface area contributed by atoms with Crippen LogP contribution in [0.1, 0.15) is 25.8 Å². The number of fused-ring (bicyclic) bond motifs is 1. The summed E-state index contributed by atoms with van der Waals surface area (Å²) in [6, 6.07) is 10.8. The van der Waals surface area contributed by atoms with Crippen molar-refractivity contribution in [2.75, 3.05) is 44.2 Å². The minimum Gasteiger partial charge on any atom is -0.370 e. The van der Waals surface area contributed by atoms with Crippen molar-refractivity contribution in [2.45, 2.75) is 38.5 Å². The average Bonchev–Trinajstić information content (AvgIpc) is 2.72. The highest BCUT2D eigenvalue weighted by Crippen LogP contribution is 2.30. The van der Waals surface area contributed by atoms with Crippen LogP contribution < -0.4 is 10.2 Å². The standard InChI is InChI=1S/C22H29N5O.2ClH/c1-3-18-13-26(10-9-24-18)14-19-15-27(12-16(2)28-19)21-7-6-17(11-23)22-20(21)5-4-8-25-22;;/h4-8,16,18-19,24H,3,9-10,12-15H2,1-2H3;2*1H/t16-,18+,19+;;/m1../s1. The third kappa shape index (κ3) is 5.35. The van der Waals surface area contributed by atoms with E-state index in [9.17, 15) is 5.26 Å². The Balaban J connectivity index is 0.00000160. The second kappa shape index (κ2) is 11.1. The average molecular weight is 452 g/mol. The Morgan fingerprint density at radius 1 is 1.23 bits per heavy atom. The van der Waals surface area contributed by atoms with Crippen LogP contribution in [0.3, 0.4) is 0 Å². The van der Waals surface area contributed by atoms with Gasteiger partial charge in [-0.05, 0) is 37.6 Å². The lowest BCUT2D eigenvalue weighted by Crippen LogP contribution is -2.56. The predicted octanol–water partition coefficient (Wildman–Crippen LogP) is 3.23. The Hall–Kier alpha value is -1.62. The Kier molecular flexibility index (Phi) is 9.14. The van der Waals surface area contributed by atoms with Crippen molar-refractivity contribution >= 4 is 41.4 Å². The number of anilines is 1. The third-order valence-corrected chi connectivity index (χ3v) is 5.83. The smallest absolute Gasteiger partial charge is 0.101 e. The summed E-state index contributed by atoms with van der Waals surface area (Å²) < 4.78 is 6.29. The van der Waals surface area contributed by atoms with Crippen LogP contribution in [-0.2, 0) is 4.74 Å². The third-order valence-electron chi connectivity index (χ3n) is 5.83. The van der Waals surface area contributed by atoms with Crippen molar-refractivity contribution in [3.05, 3.63) is 36.0 Å². The number of pyridine rings is 1. The molecule has 0 saturated carbocycles. The number of nitriles is 1. The summed E-state index contributed by atoms with van der Waals surface area (Å²) in [5.41, 5.74) is 2.56. The highest BCUT2D eigenvalue weighted by molar-refractivity contribution is 5.95. The molecule has 6 nitrogen and oxygen atoms in total. The topological polar surface area (TPSA) is 64.4 Å². The first kappa shape index (κ1) is 24.6. The minimum atomic E-state index is 0. The van der Waals surface area contributed by atoms with E-state index >= 15 is 0 Å². The van der Waals surface area contributed by atoms with Gasteiger partial charge in [0.05, 0.1) is 23.3 Å². The number of ether oxygens (including phenoxy) is 1. The Morgan fingerprint density at radius 2 is 2.07 bits per heavy atom. The van der Waals surface area contributed by atoms with Gasteiger partial charge >= 0.3 is 0 Å². The minimum absolute atomic E-state index is 0. The van der Waals surface area contributed by atoms with Gasteiger partial charge in [0.2, 0.25) is 0 Å². The maximum atomic E-state index is 9.41. The number of hydrogen-bond acceptors (Lipinski definition) is 6. The van der Waals surface area contributed by atoms with Gasteiger partial charge < -0.3 is 15.0 Å². The van der Waals surface area contributed by atoms with Gasteiger partial charge in [-0.1, -0.05) is 6.92 Å². The molecule has 30 heavy (non-hydrogen) atoms. The molecule has 2 fully saturated rings. The predicted molar refractivity (Wildman–Crippen MR) is 126 cm³/mol. The molecule has 4 rings (SSSR count). The maximum absolute atomic E-state index is 9.41. The van der Waals surface area contributed by atoms with Crippen molar-refractivity contribution < 1.29 is 4.74 Å². The van der Waals surface area contributed by atoms with E-state index in [2.05, 4.69) is 52.2 Å². The van der Waals surface area contributed by atoms with E-state index in [1.54, 1.807) is 6.20 Å². The molecule has 0 amide bonds. The first-order valence-corrected chi connectivity index (χ1v) is 10.3. The van der Waals surface area contributed by atoms with Gasteiger partial charge in [0, 0.05) is 62.6 Å². The van der Waals surface area contributed by atoms with Gasteiger partial charge in [0.1, 0.15) is 6.07 Å². The number of hydrogen-bond donors (Lipinski definition) is 1. The Labute approximate surface area is 191 Å². The lowest BCUT2D eigenvalue weighted by Gasteiger charge is -2.42. The van der Waals surface area contributed by atoms with Gasteiger partial charge in [-0.15, -0.1) is 24.8 Å². The van der Waals surface area contributed by atoms with Crippen LogP contribution in [-0.4, -0.2) is 67.4 Å². The molecule has 0 spiro atoms. The van der Waals surface area contributed by atoms with Crippen LogP contribution in [0.4, 0.5) is 5.69 Å². The van der Waals surface area contributed by atoms with E-state index in [0.29, 0.717) is 11.6 Å². The van der Waals surface area contributed by atoms with Gasteiger partial charge in [0.15, 0.2) is 0 Å². The number of benzene rings is 1. The number of halogens is 2. The van der Waals surface area contributed by atoms with Gasteiger partial charge in [-0.3, -0.25) is 9.88 Å². The van der Waals surface area contributed by atoms with E-state index in [-0.39, 0.29) is 37.0 Å². The molecule has 1 aromatic heterocycles. The molecule has 2 saturated heterocycles. The number of aromatic nitrogens is 1. The molecule has 8 heteroatoms. The zero-order valence-electron chi connectivity index (χ0n) is 17.6. The molecule has 1 aromatic carbocycles. The Bertz CT molecular complexity index is 874. The summed E-state index contributed by atoms with van der Waals surface area (Å²) >= 11 is 0. The van der Waals surface area contributed by atoms with Crippen LogP contribution in [0.2, 0.25) is 0 Å². The van der Waals surface area contributed by atoms with Crippen LogP contribution >= 0.6 is 24.8 Å². The molecule has 1 N–H and O–H groups in total. The maximum Gasteiger partial charge on any atom is 0.101 e. The number of nitrogens with zero attached hydrogens (tertiary/aromatic N) is 4. The fourth-order valence-corrected chi connectivity index (χ4v) is 4.49. The number of morpholine rings is 1. The van der Waals surface area contributed by atoms with E-state index in [0.717, 1.165) is 62.3 Å². The van der Waals surface area contributed by atoms with Crippen molar-refractivity contribution in [1.82, 2.24) is 15.2 Å². The summed E-state index contributed by atoms with van der Waals surface area (Å²) in [7, 11) is 0. The van der Waals surface area contributed by atoms with Crippen molar-refractivity contribution in [3.8, 4) is 6.07 Å². The van der Waals surface area contributed by atoms with Gasteiger partial charge in [-0.25, -0.2) is 0 Å². The number of piperazine rings is 1. The lowest BCUT2D eigenvalue weighted by atomic mass is 10.1. The summed E-state index contributed by atoms with van der Waals surface area (Å²) in [4.78, 5) is 9.40. The monoisotopic (exact) mass is 451 g/mol. The second-order valence-corrected chi connectivity index (χ2v) is 7.94. The van der Waals surface area contributed by atoms with Crippen LogP contribution in [0.25, 0.3) is 10.9 Å². The van der Waals surface area contributed by atoms with Crippen LogP contribution in [0.15, 0.2) is 30.5 Å². The largest absolute Gasteiger partial charge is 0.370 e. The molecule has 3 heterocycles. The normalized spacial score (nSPS) is 24.6. The quantitative estimate of drug-likeness (QED) is 0.769. The molecule has 2 aliphatic heterocycles. The van der Waals surface area contributed by atoms with E-state index in [4.69, 9.17) is 4.74 Å². The molecule has 0 radical (unpaired) electrons. The van der Waals surface area contributed by atoms with E-state index < -0.39 is 0 Å².